The van der Waals surface area contributed by atoms with E-state index in [9.17, 15) is 9.59 Å². The Bertz CT molecular complexity index is 589. The molecule has 0 spiro atoms. The first-order valence-electron chi connectivity index (χ1n) is 7.69. The van der Waals surface area contributed by atoms with Crippen LogP contribution in [-0.2, 0) is 9.59 Å². The van der Waals surface area contributed by atoms with Crippen molar-refractivity contribution < 1.29 is 24.0 Å². The lowest BCUT2D eigenvalue weighted by Crippen LogP contribution is -3.15. The quantitative estimate of drug-likeness (QED) is 0.676. The van der Waals surface area contributed by atoms with Crippen LogP contribution in [0, 0.1) is 0 Å². The number of amides is 2. The molecule has 1 aromatic carbocycles. The predicted octanol–water partition coefficient (Wildman–Crippen LogP) is -0.218. The van der Waals surface area contributed by atoms with Crippen LogP contribution in [0.15, 0.2) is 18.2 Å². The molecule has 2 atom stereocenters. The number of likely N-dealkylation sites (N-methyl/N-ethyl adjacent to an activating group) is 1. The molecule has 2 amide bonds. The van der Waals surface area contributed by atoms with Gasteiger partial charge in [-0.3, -0.25) is 9.59 Å². The monoisotopic (exact) mass is 322 g/mol. The summed E-state index contributed by atoms with van der Waals surface area (Å²) in [5, 5.41) is 5.66. The fourth-order valence-corrected chi connectivity index (χ4v) is 2.23. The van der Waals surface area contributed by atoms with Crippen molar-refractivity contribution in [3.8, 4) is 11.5 Å². The third-order valence-electron chi connectivity index (χ3n) is 3.66. The number of rotatable bonds is 6. The molecule has 1 aliphatic heterocycles. The van der Waals surface area contributed by atoms with Gasteiger partial charge in [-0.25, -0.2) is 0 Å². The number of benzene rings is 1. The van der Waals surface area contributed by atoms with Crippen molar-refractivity contribution in [2.75, 3.05) is 25.7 Å². The second kappa shape index (κ2) is 7.32. The molecule has 1 unspecified atom stereocenters. The van der Waals surface area contributed by atoms with Crippen molar-refractivity contribution in [2.24, 2.45) is 0 Å². The van der Waals surface area contributed by atoms with Gasteiger partial charge in [-0.05, 0) is 32.9 Å². The van der Waals surface area contributed by atoms with Gasteiger partial charge >= 0.3 is 0 Å². The summed E-state index contributed by atoms with van der Waals surface area (Å²) in [6.45, 7) is 6.04. The number of nitrogens with one attached hydrogen (secondary N) is 3. The van der Waals surface area contributed by atoms with E-state index in [1.807, 2.05) is 20.9 Å². The Morgan fingerprint density at radius 2 is 1.91 bits per heavy atom. The van der Waals surface area contributed by atoms with Gasteiger partial charge in [0.15, 0.2) is 24.1 Å². The first kappa shape index (κ1) is 17.1. The molecule has 7 nitrogen and oxygen atoms in total. The molecule has 3 N–H and O–H groups in total. The van der Waals surface area contributed by atoms with Crippen molar-refractivity contribution in [1.82, 2.24) is 5.32 Å². The van der Waals surface area contributed by atoms with Crippen LogP contribution in [0.25, 0.3) is 0 Å². The first-order chi connectivity index (χ1) is 10.9. The zero-order chi connectivity index (χ0) is 17.0. The van der Waals surface area contributed by atoms with Gasteiger partial charge in [-0.15, -0.1) is 0 Å². The third-order valence-corrected chi connectivity index (χ3v) is 3.66. The van der Waals surface area contributed by atoms with E-state index in [4.69, 9.17) is 9.47 Å². The lowest BCUT2D eigenvalue weighted by molar-refractivity contribution is -0.885. The number of carbonyl (C=O) groups excluding carboxylic acids is 2. The highest BCUT2D eigenvalue weighted by Gasteiger charge is 2.24. The largest absolute Gasteiger partial charge is 0.454 e. The molecule has 1 aromatic rings. The molecular formula is C16H24N3O4+. The van der Waals surface area contributed by atoms with Gasteiger partial charge < -0.3 is 25.0 Å². The molecule has 0 bridgehead atoms. The second-order valence-corrected chi connectivity index (χ2v) is 6.02. The highest BCUT2D eigenvalue weighted by molar-refractivity contribution is 5.94. The second-order valence-electron chi connectivity index (χ2n) is 6.02. The number of hydrogen-bond donors (Lipinski definition) is 3. The standard InChI is InChI=1S/C16H23N3O4/c1-10(2)17-15(20)8-19(4)11(3)16(21)18-12-5-6-13-14(7-12)23-9-22-13/h5-7,10-11H,8-9H2,1-4H3,(H,17,20)(H,18,21)/p+1/t11-/m1/s1. The molecule has 0 fully saturated rings. The van der Waals surface area contributed by atoms with E-state index >= 15 is 0 Å². The van der Waals surface area contributed by atoms with Crippen LogP contribution in [0.4, 0.5) is 5.69 Å². The van der Waals surface area contributed by atoms with E-state index in [1.54, 1.807) is 25.1 Å². The topological polar surface area (TPSA) is 81.1 Å². The molecule has 0 radical (unpaired) electrons. The lowest BCUT2D eigenvalue weighted by Gasteiger charge is -2.21. The van der Waals surface area contributed by atoms with Crippen LogP contribution in [0.1, 0.15) is 20.8 Å². The molecule has 7 heteroatoms. The van der Waals surface area contributed by atoms with E-state index in [2.05, 4.69) is 10.6 Å². The van der Waals surface area contributed by atoms with Gasteiger partial charge in [0.25, 0.3) is 11.8 Å². The number of anilines is 1. The van der Waals surface area contributed by atoms with Crippen molar-refractivity contribution in [1.29, 1.82) is 0 Å². The SMILES string of the molecule is CC(C)NC(=O)C[NH+](C)[C@H](C)C(=O)Nc1ccc2c(c1)OCO2. The summed E-state index contributed by atoms with van der Waals surface area (Å²) in [7, 11) is 1.82. The van der Waals surface area contributed by atoms with Crippen LogP contribution in [0.2, 0.25) is 0 Å². The van der Waals surface area contributed by atoms with Gasteiger partial charge in [0, 0.05) is 17.8 Å². The fourth-order valence-electron chi connectivity index (χ4n) is 2.23. The normalized spacial score (nSPS) is 15.2. The lowest BCUT2D eigenvalue weighted by atomic mass is 10.2. The van der Waals surface area contributed by atoms with Crippen LogP contribution in [0.3, 0.4) is 0 Å². The summed E-state index contributed by atoms with van der Waals surface area (Å²) in [6, 6.07) is 4.98. The Labute approximate surface area is 135 Å². The average Bonchev–Trinajstić information content (AvgIpc) is 2.92. The predicted molar refractivity (Wildman–Crippen MR) is 85.7 cm³/mol. The Balaban J connectivity index is 1.90. The highest BCUT2D eigenvalue weighted by atomic mass is 16.7. The maximum atomic E-state index is 12.3. The Hall–Kier alpha value is -2.28. The molecule has 0 aliphatic carbocycles. The van der Waals surface area contributed by atoms with Crippen LogP contribution in [0.5, 0.6) is 11.5 Å². The minimum Gasteiger partial charge on any atom is -0.454 e. The molecule has 1 aliphatic rings. The maximum absolute atomic E-state index is 12.3. The van der Waals surface area contributed by atoms with Crippen molar-refractivity contribution >= 4 is 17.5 Å². The molecule has 0 saturated heterocycles. The summed E-state index contributed by atoms with van der Waals surface area (Å²) in [5.74, 6) is 1.07. The van der Waals surface area contributed by atoms with E-state index in [-0.39, 0.29) is 37.2 Å². The minimum absolute atomic E-state index is 0.0692. The number of ether oxygens (including phenoxy) is 2. The first-order valence-corrected chi connectivity index (χ1v) is 7.69. The Morgan fingerprint density at radius 1 is 1.22 bits per heavy atom. The summed E-state index contributed by atoms with van der Waals surface area (Å²) < 4.78 is 10.5. The van der Waals surface area contributed by atoms with Crippen molar-refractivity contribution in [3.63, 3.8) is 0 Å². The molecule has 126 valence electrons. The van der Waals surface area contributed by atoms with Gasteiger partial charge in [-0.1, -0.05) is 0 Å². The van der Waals surface area contributed by atoms with E-state index in [0.717, 1.165) is 4.90 Å². The summed E-state index contributed by atoms with van der Waals surface area (Å²) in [5.41, 5.74) is 0.644. The van der Waals surface area contributed by atoms with Crippen LogP contribution < -0.4 is 25.0 Å². The summed E-state index contributed by atoms with van der Waals surface area (Å²) in [6.07, 6.45) is 0. The molecule has 1 heterocycles. The number of quaternary nitrogens is 1. The van der Waals surface area contributed by atoms with E-state index in [1.165, 1.54) is 0 Å². The van der Waals surface area contributed by atoms with Gasteiger partial charge in [0.05, 0.1) is 7.05 Å². The fraction of sp³-hybridized carbons (Fsp3) is 0.500. The van der Waals surface area contributed by atoms with Gasteiger partial charge in [0.1, 0.15) is 0 Å². The maximum Gasteiger partial charge on any atom is 0.282 e. The van der Waals surface area contributed by atoms with Crippen molar-refractivity contribution in [3.05, 3.63) is 18.2 Å². The highest BCUT2D eigenvalue weighted by Crippen LogP contribution is 2.34. The van der Waals surface area contributed by atoms with Crippen LogP contribution in [-0.4, -0.2) is 44.3 Å². The number of carbonyl (C=O) groups is 2. The molecule has 2 rings (SSSR count). The number of fused-ring (bicyclic) bond motifs is 1. The third kappa shape index (κ3) is 4.59. The molecule has 0 aromatic heterocycles. The van der Waals surface area contributed by atoms with Gasteiger partial charge in [-0.2, -0.15) is 0 Å². The molecule has 0 saturated carbocycles. The van der Waals surface area contributed by atoms with E-state index in [0.29, 0.717) is 17.2 Å². The summed E-state index contributed by atoms with van der Waals surface area (Å²) in [4.78, 5) is 24.9. The van der Waals surface area contributed by atoms with Gasteiger partial charge in [0.2, 0.25) is 6.79 Å². The van der Waals surface area contributed by atoms with Crippen LogP contribution >= 0.6 is 0 Å². The Kier molecular flexibility index (Phi) is 5.44. The smallest absolute Gasteiger partial charge is 0.282 e. The average molecular weight is 322 g/mol. The zero-order valence-corrected chi connectivity index (χ0v) is 13.9. The molecule has 23 heavy (non-hydrogen) atoms. The zero-order valence-electron chi connectivity index (χ0n) is 13.9. The summed E-state index contributed by atoms with van der Waals surface area (Å²) >= 11 is 0. The Morgan fingerprint density at radius 3 is 2.61 bits per heavy atom. The molecular weight excluding hydrogens is 298 g/mol. The van der Waals surface area contributed by atoms with E-state index < -0.39 is 0 Å². The van der Waals surface area contributed by atoms with Crippen molar-refractivity contribution in [2.45, 2.75) is 32.9 Å². The minimum atomic E-state index is -0.363. The number of hydrogen-bond acceptors (Lipinski definition) is 4.